The van der Waals surface area contributed by atoms with Gasteiger partial charge in [0.15, 0.2) is 0 Å². The van der Waals surface area contributed by atoms with Crippen molar-refractivity contribution in [2.75, 3.05) is 31.5 Å². The third kappa shape index (κ3) is 4.40. The molecule has 8 nitrogen and oxygen atoms in total. The van der Waals surface area contributed by atoms with Crippen LogP contribution in [0.2, 0.25) is 0 Å². The summed E-state index contributed by atoms with van der Waals surface area (Å²) in [5, 5.41) is 5.24. The molecule has 0 fully saturated rings. The van der Waals surface area contributed by atoms with Gasteiger partial charge >= 0.3 is 6.03 Å². The zero-order chi connectivity index (χ0) is 24.2. The van der Waals surface area contributed by atoms with Crippen molar-refractivity contribution in [2.24, 2.45) is 4.99 Å². The lowest BCUT2D eigenvalue weighted by atomic mass is 10.00. The number of rotatable bonds is 5. The quantitative estimate of drug-likeness (QED) is 0.603. The number of methoxy groups -OCH3 is 2. The molecule has 9 heteroatoms. The number of benzodiazepines with no additional fused rings is 1. The van der Waals surface area contributed by atoms with Crippen molar-refractivity contribution in [1.29, 1.82) is 0 Å². The van der Waals surface area contributed by atoms with Crippen LogP contribution in [0.3, 0.4) is 0 Å². The highest BCUT2D eigenvalue weighted by molar-refractivity contribution is 6.20. The van der Waals surface area contributed by atoms with E-state index >= 15 is 0 Å². The number of hydrogen-bond donors (Lipinski definition) is 2. The van der Waals surface area contributed by atoms with Gasteiger partial charge in [-0.05, 0) is 30.3 Å². The molecule has 1 aliphatic rings. The topological polar surface area (TPSA) is 92.3 Å². The summed E-state index contributed by atoms with van der Waals surface area (Å²) in [7, 11) is 4.57. The first kappa shape index (κ1) is 22.8. The molecule has 1 atom stereocenters. The molecule has 0 saturated heterocycles. The highest BCUT2D eigenvalue weighted by Crippen LogP contribution is 2.30. The molecule has 174 valence electrons. The number of ether oxygens (including phenoxy) is 2. The molecule has 3 aromatic rings. The largest absolute Gasteiger partial charge is 0.497 e. The molecule has 0 aliphatic carbocycles. The number of urea groups is 1. The van der Waals surface area contributed by atoms with Crippen molar-refractivity contribution in [2.45, 2.75) is 6.17 Å². The van der Waals surface area contributed by atoms with Crippen molar-refractivity contribution < 1.29 is 23.5 Å². The molecule has 34 heavy (non-hydrogen) atoms. The van der Waals surface area contributed by atoms with Crippen LogP contribution in [0, 0.1) is 5.82 Å². The number of halogens is 1. The van der Waals surface area contributed by atoms with Gasteiger partial charge in [0.1, 0.15) is 17.3 Å². The maximum absolute atomic E-state index is 14.7. The van der Waals surface area contributed by atoms with Gasteiger partial charge in [-0.25, -0.2) is 14.2 Å². The summed E-state index contributed by atoms with van der Waals surface area (Å²) in [6.45, 7) is 0. The van der Waals surface area contributed by atoms with Gasteiger partial charge in [0.05, 0.1) is 31.3 Å². The van der Waals surface area contributed by atoms with E-state index in [4.69, 9.17) is 9.47 Å². The summed E-state index contributed by atoms with van der Waals surface area (Å²) in [6.07, 6.45) is -1.30. The Balaban J connectivity index is 1.69. The van der Waals surface area contributed by atoms with Gasteiger partial charge in [0.25, 0.3) is 5.91 Å². The van der Waals surface area contributed by atoms with Gasteiger partial charge in [-0.3, -0.25) is 4.79 Å². The average molecular weight is 462 g/mol. The zero-order valence-electron chi connectivity index (χ0n) is 18.8. The molecule has 1 aliphatic heterocycles. The number of amides is 3. The minimum atomic E-state index is -1.30. The van der Waals surface area contributed by atoms with E-state index in [0.29, 0.717) is 28.4 Å². The molecule has 3 amide bonds. The number of carbonyl (C=O) groups is 2. The van der Waals surface area contributed by atoms with E-state index in [-0.39, 0.29) is 11.3 Å². The fraction of sp³-hybridized carbons (Fsp3) is 0.160. The molecule has 0 bridgehead atoms. The van der Waals surface area contributed by atoms with Crippen molar-refractivity contribution in [3.63, 3.8) is 0 Å². The second-order valence-corrected chi connectivity index (χ2v) is 7.44. The molecular formula is C25H23FN4O4. The highest BCUT2D eigenvalue weighted by Gasteiger charge is 2.31. The Labute approximate surface area is 196 Å². The number of aliphatic imine (C=N–C) groups is 1. The lowest BCUT2D eigenvalue weighted by Crippen LogP contribution is -2.47. The average Bonchev–Trinajstić information content (AvgIpc) is 2.95. The molecule has 0 saturated carbocycles. The predicted molar refractivity (Wildman–Crippen MR) is 127 cm³/mol. The van der Waals surface area contributed by atoms with E-state index in [0.717, 1.165) is 0 Å². The van der Waals surface area contributed by atoms with Gasteiger partial charge in [0.2, 0.25) is 6.17 Å². The summed E-state index contributed by atoms with van der Waals surface area (Å²) in [4.78, 5) is 31.9. The smallest absolute Gasteiger partial charge is 0.321 e. The van der Waals surface area contributed by atoms with Crippen molar-refractivity contribution in [3.8, 4) is 11.5 Å². The van der Waals surface area contributed by atoms with Gasteiger partial charge in [0, 0.05) is 24.2 Å². The van der Waals surface area contributed by atoms with Gasteiger partial charge < -0.3 is 25.0 Å². The Morgan fingerprint density at radius 3 is 2.41 bits per heavy atom. The fourth-order valence-corrected chi connectivity index (χ4v) is 3.67. The summed E-state index contributed by atoms with van der Waals surface area (Å²) >= 11 is 0. The van der Waals surface area contributed by atoms with E-state index in [9.17, 15) is 14.0 Å². The van der Waals surface area contributed by atoms with Crippen LogP contribution >= 0.6 is 0 Å². The number of nitrogens with zero attached hydrogens (tertiary/aromatic N) is 2. The Morgan fingerprint density at radius 2 is 1.71 bits per heavy atom. The van der Waals surface area contributed by atoms with Crippen LogP contribution in [-0.2, 0) is 4.79 Å². The molecule has 1 unspecified atom stereocenters. The Morgan fingerprint density at radius 1 is 1.00 bits per heavy atom. The Kier molecular flexibility index (Phi) is 6.44. The minimum Gasteiger partial charge on any atom is -0.497 e. The first-order valence-electron chi connectivity index (χ1n) is 10.4. The summed E-state index contributed by atoms with van der Waals surface area (Å²) in [5.74, 6) is -0.0307. The number of benzene rings is 3. The van der Waals surface area contributed by atoms with Crippen LogP contribution in [0.15, 0.2) is 71.7 Å². The monoisotopic (exact) mass is 462 g/mol. The van der Waals surface area contributed by atoms with Gasteiger partial charge in [-0.1, -0.05) is 30.3 Å². The highest BCUT2D eigenvalue weighted by atomic mass is 19.1. The van der Waals surface area contributed by atoms with Crippen molar-refractivity contribution >= 4 is 29.0 Å². The predicted octanol–water partition coefficient (Wildman–Crippen LogP) is 3.80. The molecule has 0 spiro atoms. The number of fused-ring (bicyclic) bond motifs is 1. The molecule has 0 aromatic heterocycles. The first-order chi connectivity index (χ1) is 16.4. The van der Waals surface area contributed by atoms with Crippen LogP contribution in [0.1, 0.15) is 11.1 Å². The Hall–Kier alpha value is -4.40. The number of para-hydroxylation sites is 1. The lowest BCUT2D eigenvalue weighted by Gasteiger charge is -2.21. The number of likely N-dealkylation sites (N-methyl/N-ethyl adjacent to an activating group) is 1. The third-order valence-electron chi connectivity index (χ3n) is 5.40. The first-order valence-corrected chi connectivity index (χ1v) is 10.4. The second-order valence-electron chi connectivity index (χ2n) is 7.44. The van der Waals surface area contributed by atoms with E-state index in [1.54, 1.807) is 67.7 Å². The molecule has 4 rings (SSSR count). The normalized spacial score (nSPS) is 15.1. The Bertz CT molecular complexity index is 1280. The lowest BCUT2D eigenvalue weighted by molar-refractivity contribution is -0.119. The van der Waals surface area contributed by atoms with Crippen LogP contribution in [0.25, 0.3) is 0 Å². The summed E-state index contributed by atoms with van der Waals surface area (Å²) in [6, 6.07) is 17.4. The van der Waals surface area contributed by atoms with Crippen molar-refractivity contribution in [1.82, 2.24) is 5.32 Å². The molecular weight excluding hydrogens is 439 g/mol. The summed E-state index contributed by atoms with van der Waals surface area (Å²) in [5.41, 5.74) is 1.98. The SMILES string of the molecule is COc1ccc(NC(=O)NC2N=C(c3ccccc3F)c3ccccc3N(C)C2=O)c(OC)c1. The van der Waals surface area contributed by atoms with Crippen LogP contribution in [0.5, 0.6) is 11.5 Å². The number of carbonyl (C=O) groups excluding carboxylic acids is 2. The second kappa shape index (κ2) is 9.62. The van der Waals surface area contributed by atoms with Crippen LogP contribution in [-0.4, -0.2) is 45.1 Å². The summed E-state index contributed by atoms with van der Waals surface area (Å²) < 4.78 is 25.2. The standard InChI is InChI=1S/C25H23FN4O4/c1-30-20-11-7-5-9-17(20)22(16-8-4-6-10-18(16)26)28-23(24(30)31)29-25(32)27-19-13-12-15(33-2)14-21(19)34-3/h4-14,23H,1-3H3,(H2,27,29,32). The van der Waals surface area contributed by atoms with Gasteiger partial charge in [-0.2, -0.15) is 0 Å². The number of nitrogens with one attached hydrogen (secondary N) is 2. The zero-order valence-corrected chi connectivity index (χ0v) is 18.8. The molecule has 1 heterocycles. The van der Waals surface area contributed by atoms with Crippen LogP contribution < -0.4 is 25.0 Å². The fourth-order valence-electron chi connectivity index (χ4n) is 3.67. The molecule has 0 radical (unpaired) electrons. The van der Waals surface area contributed by atoms with Gasteiger partial charge in [-0.15, -0.1) is 0 Å². The maximum atomic E-state index is 14.7. The molecule has 3 aromatic carbocycles. The van der Waals surface area contributed by atoms with Crippen molar-refractivity contribution in [3.05, 3.63) is 83.7 Å². The van der Waals surface area contributed by atoms with Crippen LogP contribution in [0.4, 0.5) is 20.6 Å². The van der Waals surface area contributed by atoms with E-state index in [2.05, 4.69) is 15.6 Å². The minimum absolute atomic E-state index is 0.224. The van der Waals surface area contributed by atoms with E-state index in [1.807, 2.05) is 0 Å². The number of hydrogen-bond acceptors (Lipinski definition) is 5. The third-order valence-corrected chi connectivity index (χ3v) is 5.40. The number of anilines is 2. The maximum Gasteiger partial charge on any atom is 0.321 e. The molecule has 2 N–H and O–H groups in total. The van der Waals surface area contributed by atoms with E-state index in [1.165, 1.54) is 25.2 Å². The van der Waals surface area contributed by atoms with E-state index < -0.39 is 23.9 Å².